The third kappa shape index (κ3) is 5.59. The second-order valence-corrected chi connectivity index (χ2v) is 9.78. The highest BCUT2D eigenvalue weighted by Gasteiger charge is 2.27. The van der Waals surface area contributed by atoms with E-state index in [0.717, 1.165) is 11.1 Å². The van der Waals surface area contributed by atoms with Gasteiger partial charge in [-0.2, -0.15) is 4.31 Å². The molecule has 3 aromatic rings. The van der Waals surface area contributed by atoms with Crippen LogP contribution >= 0.6 is 0 Å². The van der Waals surface area contributed by atoms with Gasteiger partial charge in [0.1, 0.15) is 0 Å². The Bertz CT molecular complexity index is 1320. The Morgan fingerprint density at radius 2 is 1.69 bits per heavy atom. The van der Waals surface area contributed by atoms with Gasteiger partial charge in [0.2, 0.25) is 10.0 Å². The molecule has 1 aliphatic heterocycles. The van der Waals surface area contributed by atoms with Crippen LogP contribution < -0.4 is 5.32 Å². The Balaban J connectivity index is 1.62. The quantitative estimate of drug-likeness (QED) is 0.501. The number of hydrogen-bond acceptors (Lipinski definition) is 6. The van der Waals surface area contributed by atoms with Crippen LogP contribution in [0.2, 0.25) is 0 Å². The number of benzene rings is 3. The number of nitrogens with zero attached hydrogens (tertiary/aromatic N) is 1. The van der Waals surface area contributed by atoms with Crippen LogP contribution in [0.5, 0.6) is 0 Å². The van der Waals surface area contributed by atoms with Gasteiger partial charge >= 0.3 is 5.97 Å². The van der Waals surface area contributed by atoms with Crippen LogP contribution in [0.15, 0.2) is 77.7 Å². The molecular weight excluding hydrogens is 468 g/mol. The summed E-state index contributed by atoms with van der Waals surface area (Å²) in [4.78, 5) is 25.7. The smallest absolute Gasteiger partial charge is 0.340 e. The van der Waals surface area contributed by atoms with Crippen LogP contribution in [0.4, 0.5) is 5.69 Å². The van der Waals surface area contributed by atoms with Crippen molar-refractivity contribution in [1.29, 1.82) is 0 Å². The van der Waals surface area contributed by atoms with Gasteiger partial charge in [-0.3, -0.25) is 4.79 Å². The summed E-state index contributed by atoms with van der Waals surface area (Å²) >= 11 is 0. The number of anilines is 1. The van der Waals surface area contributed by atoms with E-state index in [-0.39, 0.29) is 41.4 Å². The number of rotatable bonds is 7. The molecule has 1 heterocycles. The Hall–Kier alpha value is -3.53. The Kier molecular flexibility index (Phi) is 7.60. The van der Waals surface area contributed by atoms with Crippen LogP contribution in [-0.2, 0) is 19.5 Å². The number of amides is 1. The maximum absolute atomic E-state index is 13.1. The van der Waals surface area contributed by atoms with Crippen molar-refractivity contribution in [2.45, 2.75) is 11.8 Å². The Morgan fingerprint density at radius 3 is 2.40 bits per heavy atom. The van der Waals surface area contributed by atoms with Gasteiger partial charge in [-0.05, 0) is 48.4 Å². The van der Waals surface area contributed by atoms with Crippen molar-refractivity contribution in [3.8, 4) is 11.1 Å². The molecule has 9 heteroatoms. The molecule has 1 fully saturated rings. The summed E-state index contributed by atoms with van der Waals surface area (Å²) in [6, 6.07) is 20.5. The fourth-order valence-electron chi connectivity index (χ4n) is 3.77. The van der Waals surface area contributed by atoms with E-state index in [2.05, 4.69) is 5.32 Å². The predicted molar refractivity (Wildman–Crippen MR) is 132 cm³/mol. The van der Waals surface area contributed by atoms with Crippen molar-refractivity contribution in [2.75, 3.05) is 38.2 Å². The zero-order chi connectivity index (χ0) is 24.8. The van der Waals surface area contributed by atoms with E-state index >= 15 is 0 Å². The molecule has 0 aliphatic carbocycles. The van der Waals surface area contributed by atoms with Crippen LogP contribution in [0.25, 0.3) is 11.1 Å². The van der Waals surface area contributed by atoms with E-state index in [1.807, 2.05) is 30.3 Å². The first-order valence-electron chi connectivity index (χ1n) is 11.3. The SMILES string of the molecule is CCOC(=O)c1cc(-c2ccccc2)ccc1NC(=O)c1cccc(S(=O)(=O)N2CCOCC2)c1. The van der Waals surface area contributed by atoms with Crippen molar-refractivity contribution in [2.24, 2.45) is 0 Å². The van der Waals surface area contributed by atoms with Gasteiger partial charge in [-0.25, -0.2) is 13.2 Å². The Morgan fingerprint density at radius 1 is 0.943 bits per heavy atom. The first-order chi connectivity index (χ1) is 16.9. The number of carbonyl (C=O) groups is 2. The number of nitrogens with one attached hydrogen (secondary N) is 1. The summed E-state index contributed by atoms with van der Waals surface area (Å²) in [5.74, 6) is -1.11. The van der Waals surface area contributed by atoms with E-state index in [4.69, 9.17) is 9.47 Å². The normalized spacial score (nSPS) is 14.3. The molecule has 1 saturated heterocycles. The van der Waals surface area contributed by atoms with Gasteiger partial charge in [0.25, 0.3) is 5.91 Å². The minimum Gasteiger partial charge on any atom is -0.462 e. The van der Waals surface area contributed by atoms with E-state index in [9.17, 15) is 18.0 Å². The molecule has 0 aromatic heterocycles. The number of hydrogen-bond donors (Lipinski definition) is 1. The fraction of sp³-hybridized carbons (Fsp3) is 0.231. The average Bonchev–Trinajstić information content (AvgIpc) is 2.90. The molecule has 182 valence electrons. The number of sulfonamides is 1. The lowest BCUT2D eigenvalue weighted by atomic mass is 10.0. The monoisotopic (exact) mass is 494 g/mol. The molecule has 0 bridgehead atoms. The van der Waals surface area contributed by atoms with Crippen LogP contribution in [-0.4, -0.2) is 57.5 Å². The standard InChI is InChI=1S/C26H26N2O6S/c1-2-34-26(30)23-18-20(19-7-4-3-5-8-19)11-12-24(23)27-25(29)21-9-6-10-22(17-21)35(31,32)28-13-15-33-16-14-28/h3-12,17-18H,2,13-16H2,1H3,(H,27,29). The average molecular weight is 495 g/mol. The van der Waals surface area contributed by atoms with Crippen molar-refractivity contribution in [3.63, 3.8) is 0 Å². The molecule has 0 unspecified atom stereocenters. The minimum absolute atomic E-state index is 0.0251. The van der Waals surface area contributed by atoms with E-state index < -0.39 is 21.9 Å². The molecular formula is C26H26N2O6S. The fourth-order valence-corrected chi connectivity index (χ4v) is 5.22. The Labute approximate surface area is 204 Å². The third-order valence-corrected chi connectivity index (χ3v) is 7.47. The number of morpholine rings is 1. The van der Waals surface area contributed by atoms with Gasteiger partial charge in [-0.15, -0.1) is 0 Å². The van der Waals surface area contributed by atoms with Crippen molar-refractivity contribution >= 4 is 27.6 Å². The lowest BCUT2D eigenvalue weighted by molar-refractivity contribution is 0.0527. The van der Waals surface area contributed by atoms with Crippen LogP contribution in [0.3, 0.4) is 0 Å². The van der Waals surface area contributed by atoms with Crippen molar-refractivity contribution in [1.82, 2.24) is 4.31 Å². The van der Waals surface area contributed by atoms with Gasteiger partial charge < -0.3 is 14.8 Å². The highest BCUT2D eigenvalue weighted by molar-refractivity contribution is 7.89. The second kappa shape index (κ2) is 10.8. The molecule has 4 rings (SSSR count). The van der Waals surface area contributed by atoms with E-state index in [1.165, 1.54) is 28.6 Å². The van der Waals surface area contributed by atoms with Gasteiger partial charge in [-0.1, -0.05) is 42.5 Å². The zero-order valence-corrected chi connectivity index (χ0v) is 20.1. The maximum Gasteiger partial charge on any atom is 0.340 e. The molecule has 0 atom stereocenters. The summed E-state index contributed by atoms with van der Waals surface area (Å²) in [6.07, 6.45) is 0. The summed E-state index contributed by atoms with van der Waals surface area (Å²) in [7, 11) is -3.76. The minimum atomic E-state index is -3.76. The second-order valence-electron chi connectivity index (χ2n) is 7.85. The molecule has 35 heavy (non-hydrogen) atoms. The van der Waals surface area contributed by atoms with Gasteiger partial charge in [0.15, 0.2) is 0 Å². The number of carbonyl (C=O) groups excluding carboxylic acids is 2. The van der Waals surface area contributed by atoms with E-state index in [0.29, 0.717) is 13.2 Å². The molecule has 0 spiro atoms. The summed E-state index contributed by atoms with van der Waals surface area (Å²) < 4.78 is 37.7. The first kappa shape index (κ1) is 24.6. The lowest BCUT2D eigenvalue weighted by Gasteiger charge is -2.26. The molecule has 0 radical (unpaired) electrons. The first-order valence-corrected chi connectivity index (χ1v) is 12.7. The van der Waals surface area contributed by atoms with Gasteiger partial charge in [0, 0.05) is 18.7 Å². The number of esters is 1. The summed E-state index contributed by atoms with van der Waals surface area (Å²) in [6.45, 7) is 3.07. The van der Waals surface area contributed by atoms with Crippen LogP contribution in [0.1, 0.15) is 27.6 Å². The highest BCUT2D eigenvalue weighted by Crippen LogP contribution is 2.27. The molecule has 1 aliphatic rings. The summed E-state index contributed by atoms with van der Waals surface area (Å²) in [5.41, 5.74) is 2.34. The molecule has 1 amide bonds. The zero-order valence-electron chi connectivity index (χ0n) is 19.3. The topological polar surface area (TPSA) is 102 Å². The van der Waals surface area contributed by atoms with Crippen molar-refractivity contribution in [3.05, 3.63) is 83.9 Å². The molecule has 1 N–H and O–H groups in total. The number of ether oxygens (including phenoxy) is 2. The molecule has 8 nitrogen and oxygen atoms in total. The lowest BCUT2D eigenvalue weighted by Crippen LogP contribution is -2.40. The molecule has 0 saturated carbocycles. The predicted octanol–water partition coefficient (Wildman–Crippen LogP) is 3.80. The maximum atomic E-state index is 13.1. The van der Waals surface area contributed by atoms with Crippen LogP contribution in [0, 0.1) is 0 Å². The molecule has 3 aromatic carbocycles. The summed E-state index contributed by atoms with van der Waals surface area (Å²) in [5, 5.41) is 2.73. The van der Waals surface area contributed by atoms with Crippen molar-refractivity contribution < 1.29 is 27.5 Å². The van der Waals surface area contributed by atoms with E-state index in [1.54, 1.807) is 25.1 Å². The third-order valence-electron chi connectivity index (χ3n) is 5.57. The highest BCUT2D eigenvalue weighted by atomic mass is 32.2. The largest absolute Gasteiger partial charge is 0.462 e. The van der Waals surface area contributed by atoms with Gasteiger partial charge in [0.05, 0.1) is 36.0 Å².